The molecule has 0 aliphatic heterocycles. The molecule has 1 aromatic rings. The van der Waals surface area contributed by atoms with Crippen molar-refractivity contribution in [2.75, 3.05) is 37.9 Å². The Bertz CT molecular complexity index is 303. The first-order valence-corrected chi connectivity index (χ1v) is 5.01. The number of aromatic nitrogens is 2. The number of nitrogens with zero attached hydrogens (tertiary/aromatic N) is 2. The van der Waals surface area contributed by atoms with Gasteiger partial charge >= 0.3 is 0 Å². The lowest BCUT2D eigenvalue weighted by molar-refractivity contribution is 0.197. The lowest BCUT2D eigenvalue weighted by atomic mass is 10.3. The summed E-state index contributed by atoms with van der Waals surface area (Å²) in [6.45, 7) is 3.61. The zero-order valence-corrected chi connectivity index (χ0v) is 9.50. The monoisotopic (exact) mass is 210 g/mol. The molecule has 0 aliphatic rings. The molecule has 0 unspecified atom stereocenters. The van der Waals surface area contributed by atoms with Gasteiger partial charge in [0.1, 0.15) is 18.0 Å². The number of anilines is 2. The maximum atomic E-state index is 4.97. The molecule has 0 saturated carbocycles. The van der Waals surface area contributed by atoms with Gasteiger partial charge in [0, 0.05) is 32.9 Å². The maximum Gasteiger partial charge on any atom is 0.134 e. The van der Waals surface area contributed by atoms with Crippen molar-refractivity contribution in [1.29, 1.82) is 0 Å². The molecular weight excluding hydrogens is 192 g/mol. The van der Waals surface area contributed by atoms with E-state index in [1.165, 1.54) is 0 Å². The molecule has 15 heavy (non-hydrogen) atoms. The molecule has 0 fully saturated rings. The fourth-order valence-electron chi connectivity index (χ4n) is 1.30. The number of methoxy groups -OCH3 is 1. The third kappa shape index (κ3) is 3.36. The highest BCUT2D eigenvalue weighted by molar-refractivity contribution is 5.55. The molecule has 0 amide bonds. The fourth-order valence-corrected chi connectivity index (χ4v) is 1.30. The Labute approximate surface area is 90.3 Å². The van der Waals surface area contributed by atoms with Crippen molar-refractivity contribution < 1.29 is 4.74 Å². The van der Waals surface area contributed by atoms with E-state index in [2.05, 4.69) is 20.6 Å². The van der Waals surface area contributed by atoms with E-state index in [0.717, 1.165) is 36.8 Å². The zero-order chi connectivity index (χ0) is 11.1. The van der Waals surface area contributed by atoms with E-state index in [1.807, 2.05) is 14.0 Å². The van der Waals surface area contributed by atoms with Crippen molar-refractivity contribution in [3.63, 3.8) is 0 Å². The van der Waals surface area contributed by atoms with Crippen LogP contribution in [0.2, 0.25) is 0 Å². The minimum atomic E-state index is 0.760. The molecular formula is C10H18N4O. The molecule has 5 heteroatoms. The van der Waals surface area contributed by atoms with Gasteiger partial charge in [-0.3, -0.25) is 0 Å². The molecule has 2 N–H and O–H groups in total. The number of hydrogen-bond acceptors (Lipinski definition) is 5. The summed E-state index contributed by atoms with van der Waals surface area (Å²) in [6, 6.07) is 0. The van der Waals surface area contributed by atoms with Crippen LogP contribution in [0.1, 0.15) is 12.0 Å². The van der Waals surface area contributed by atoms with E-state index in [1.54, 1.807) is 13.4 Å². The highest BCUT2D eigenvalue weighted by atomic mass is 16.5. The van der Waals surface area contributed by atoms with Crippen LogP contribution < -0.4 is 10.6 Å². The maximum absolute atomic E-state index is 4.97. The minimum absolute atomic E-state index is 0.760. The summed E-state index contributed by atoms with van der Waals surface area (Å²) in [7, 11) is 3.55. The van der Waals surface area contributed by atoms with Crippen molar-refractivity contribution in [3.8, 4) is 0 Å². The standard InChI is InChI=1S/C10H18N4O/c1-8-9(11-2)13-7-14-10(8)12-5-4-6-15-3/h7H,4-6H2,1-3H3,(H2,11,12,13,14). The summed E-state index contributed by atoms with van der Waals surface area (Å²) < 4.78 is 4.97. The van der Waals surface area contributed by atoms with E-state index in [4.69, 9.17) is 4.74 Å². The van der Waals surface area contributed by atoms with Gasteiger partial charge in [0.15, 0.2) is 0 Å². The van der Waals surface area contributed by atoms with Crippen molar-refractivity contribution >= 4 is 11.6 Å². The van der Waals surface area contributed by atoms with E-state index in [-0.39, 0.29) is 0 Å². The van der Waals surface area contributed by atoms with Crippen molar-refractivity contribution in [1.82, 2.24) is 9.97 Å². The van der Waals surface area contributed by atoms with Gasteiger partial charge in [0.05, 0.1) is 0 Å². The lowest BCUT2D eigenvalue weighted by Gasteiger charge is -2.10. The van der Waals surface area contributed by atoms with Crippen LogP contribution in [0.4, 0.5) is 11.6 Å². The van der Waals surface area contributed by atoms with E-state index in [0.29, 0.717) is 0 Å². The van der Waals surface area contributed by atoms with Gasteiger partial charge in [0.25, 0.3) is 0 Å². The fraction of sp³-hybridized carbons (Fsp3) is 0.600. The van der Waals surface area contributed by atoms with E-state index in [9.17, 15) is 0 Å². The molecule has 1 rings (SSSR count). The average molecular weight is 210 g/mol. The summed E-state index contributed by atoms with van der Waals surface area (Å²) in [5.41, 5.74) is 1.04. The van der Waals surface area contributed by atoms with Gasteiger partial charge in [0.2, 0.25) is 0 Å². The molecule has 0 atom stereocenters. The zero-order valence-electron chi connectivity index (χ0n) is 9.50. The first-order chi connectivity index (χ1) is 7.29. The second-order valence-electron chi connectivity index (χ2n) is 3.22. The van der Waals surface area contributed by atoms with Gasteiger partial charge < -0.3 is 15.4 Å². The van der Waals surface area contributed by atoms with Crippen LogP contribution in [-0.4, -0.2) is 37.3 Å². The SMILES string of the molecule is CNc1ncnc(NCCCOC)c1C. The molecule has 84 valence electrons. The number of nitrogens with one attached hydrogen (secondary N) is 2. The molecule has 5 nitrogen and oxygen atoms in total. The predicted molar refractivity (Wildman–Crippen MR) is 61.3 cm³/mol. The smallest absolute Gasteiger partial charge is 0.134 e. The van der Waals surface area contributed by atoms with Crippen LogP contribution in [0.3, 0.4) is 0 Å². The molecule has 0 aromatic carbocycles. The van der Waals surface area contributed by atoms with Crippen LogP contribution in [0.15, 0.2) is 6.33 Å². The Morgan fingerprint density at radius 1 is 1.33 bits per heavy atom. The number of hydrogen-bond donors (Lipinski definition) is 2. The molecule has 0 radical (unpaired) electrons. The Morgan fingerprint density at radius 2 is 2.07 bits per heavy atom. The third-order valence-electron chi connectivity index (χ3n) is 2.14. The topological polar surface area (TPSA) is 59.1 Å². The first-order valence-electron chi connectivity index (χ1n) is 5.01. The number of rotatable bonds is 6. The molecule has 0 aliphatic carbocycles. The Kier molecular flexibility index (Phi) is 4.83. The second kappa shape index (κ2) is 6.19. The van der Waals surface area contributed by atoms with Crippen LogP contribution in [0.5, 0.6) is 0 Å². The highest BCUT2D eigenvalue weighted by Gasteiger charge is 2.03. The van der Waals surface area contributed by atoms with Gasteiger partial charge in [-0.15, -0.1) is 0 Å². The van der Waals surface area contributed by atoms with Crippen molar-refractivity contribution in [2.45, 2.75) is 13.3 Å². The van der Waals surface area contributed by atoms with Gasteiger partial charge in [-0.1, -0.05) is 0 Å². The van der Waals surface area contributed by atoms with Gasteiger partial charge in [-0.2, -0.15) is 0 Å². The normalized spacial score (nSPS) is 10.1. The van der Waals surface area contributed by atoms with Crippen LogP contribution >= 0.6 is 0 Å². The first kappa shape index (κ1) is 11.7. The van der Waals surface area contributed by atoms with E-state index >= 15 is 0 Å². The van der Waals surface area contributed by atoms with Crippen molar-refractivity contribution in [3.05, 3.63) is 11.9 Å². The molecule has 1 aromatic heterocycles. The second-order valence-corrected chi connectivity index (χ2v) is 3.22. The lowest BCUT2D eigenvalue weighted by Crippen LogP contribution is -2.09. The van der Waals surface area contributed by atoms with Gasteiger partial charge in [-0.05, 0) is 13.3 Å². The number of ether oxygens (including phenoxy) is 1. The predicted octanol–water partition coefficient (Wildman–Crippen LogP) is 1.28. The quantitative estimate of drug-likeness (QED) is 0.692. The summed E-state index contributed by atoms with van der Waals surface area (Å²) in [4.78, 5) is 8.30. The summed E-state index contributed by atoms with van der Waals surface area (Å²) in [6.07, 6.45) is 2.52. The third-order valence-corrected chi connectivity index (χ3v) is 2.14. The summed E-state index contributed by atoms with van der Waals surface area (Å²) in [5, 5.41) is 6.27. The van der Waals surface area contributed by atoms with E-state index < -0.39 is 0 Å². The van der Waals surface area contributed by atoms with Crippen LogP contribution in [0.25, 0.3) is 0 Å². The molecule has 0 bridgehead atoms. The summed E-state index contributed by atoms with van der Waals surface area (Å²) >= 11 is 0. The Morgan fingerprint density at radius 3 is 2.73 bits per heavy atom. The molecule has 0 saturated heterocycles. The Balaban J connectivity index is 2.53. The average Bonchev–Trinajstić information content (AvgIpc) is 2.26. The van der Waals surface area contributed by atoms with Gasteiger partial charge in [-0.25, -0.2) is 9.97 Å². The summed E-state index contributed by atoms with van der Waals surface area (Å²) in [5.74, 6) is 1.74. The highest BCUT2D eigenvalue weighted by Crippen LogP contribution is 2.16. The largest absolute Gasteiger partial charge is 0.385 e. The molecule has 1 heterocycles. The van der Waals surface area contributed by atoms with Crippen LogP contribution in [-0.2, 0) is 4.74 Å². The van der Waals surface area contributed by atoms with Crippen molar-refractivity contribution in [2.24, 2.45) is 0 Å². The van der Waals surface area contributed by atoms with Crippen LogP contribution in [0, 0.1) is 6.92 Å². The molecule has 0 spiro atoms. The minimum Gasteiger partial charge on any atom is -0.385 e. The Hall–Kier alpha value is -1.36.